The van der Waals surface area contributed by atoms with Crippen molar-refractivity contribution in [2.24, 2.45) is 5.18 Å². The Kier molecular flexibility index (Phi) is 10.2. The van der Waals surface area contributed by atoms with Crippen LogP contribution in [0.25, 0.3) is 11.0 Å². The minimum absolute atomic E-state index is 0.0380. The third kappa shape index (κ3) is 6.49. The van der Waals surface area contributed by atoms with E-state index in [1.54, 1.807) is 0 Å². The summed E-state index contributed by atoms with van der Waals surface area (Å²) >= 11 is 0. The number of hydrogen-bond donors (Lipinski definition) is 1. The van der Waals surface area contributed by atoms with Crippen molar-refractivity contribution in [1.29, 1.82) is 0 Å². The van der Waals surface area contributed by atoms with E-state index in [1.807, 2.05) is 0 Å². The number of pyridine rings is 1. The number of anilines is 1. The van der Waals surface area contributed by atoms with Gasteiger partial charge in [0.2, 0.25) is 0 Å². The largest absolute Gasteiger partial charge is 0.540 e. The predicted octanol–water partition coefficient (Wildman–Crippen LogP) is 5.82. The number of nitrogens with zero attached hydrogens (tertiary/aromatic N) is 5. The van der Waals surface area contributed by atoms with Crippen molar-refractivity contribution in [3.8, 4) is 5.75 Å². The number of aromatic nitrogens is 3. The summed E-state index contributed by atoms with van der Waals surface area (Å²) in [7, 11) is -5.54. The van der Waals surface area contributed by atoms with Gasteiger partial charge >= 0.3 is 0 Å². The molecule has 0 aliphatic carbocycles. The van der Waals surface area contributed by atoms with Crippen LogP contribution in [-0.2, 0) is 23.1 Å². The molecule has 0 bridgehead atoms. The van der Waals surface area contributed by atoms with Crippen molar-refractivity contribution in [3.05, 3.63) is 70.1 Å². The minimum atomic E-state index is -4.05. The van der Waals surface area contributed by atoms with Gasteiger partial charge in [0.15, 0.2) is 17.3 Å². The van der Waals surface area contributed by atoms with Crippen LogP contribution in [0.15, 0.2) is 47.6 Å². The summed E-state index contributed by atoms with van der Waals surface area (Å²) in [6.07, 6.45) is 1.30. The lowest BCUT2D eigenvalue weighted by Crippen LogP contribution is -2.51. The van der Waals surface area contributed by atoms with Crippen LogP contribution >= 0.6 is 0 Å². The number of nitrogens with one attached hydrogen (secondary N) is 1. The van der Waals surface area contributed by atoms with Crippen molar-refractivity contribution in [3.63, 3.8) is 0 Å². The maximum absolute atomic E-state index is 13.8. The standard InChI is InChI=1S/C28H37FN6O5SSi/c1-9-41(38,39)35(8)27-24-23(33-22(15-30-24)16-32-37)26(40-42(17(2)3,18(4)5)19(6)7)25(34-27)28(36)31-14-20-10-12-21(29)13-11-20/h9-13,15,17-19H,1,14,16H2,2-8H3,(H,31,36). The monoisotopic (exact) mass is 616 g/mol. The van der Waals surface area contributed by atoms with Gasteiger partial charge in [-0.15, -0.1) is 0 Å². The van der Waals surface area contributed by atoms with Crippen LogP contribution in [0.2, 0.25) is 16.6 Å². The van der Waals surface area contributed by atoms with Gasteiger partial charge < -0.3 is 9.74 Å². The molecule has 0 atom stereocenters. The molecule has 11 nitrogen and oxygen atoms in total. The Morgan fingerprint density at radius 2 is 1.69 bits per heavy atom. The van der Waals surface area contributed by atoms with E-state index in [-0.39, 0.29) is 63.7 Å². The summed E-state index contributed by atoms with van der Waals surface area (Å²) < 4.78 is 46.9. The smallest absolute Gasteiger partial charge is 0.274 e. The molecule has 3 aromatic rings. The van der Waals surface area contributed by atoms with Gasteiger partial charge in [0.25, 0.3) is 24.2 Å². The Bertz CT molecular complexity index is 1560. The molecule has 2 heterocycles. The molecule has 42 heavy (non-hydrogen) atoms. The number of halogens is 1. The SMILES string of the molecule is C=CS(=O)(=O)N(C)c1nc(C(=O)NCc2ccc(F)cc2)c(O[Si](C(C)C)(C(C)C)C(C)C)c2nc(CN=O)cnc12. The topological polar surface area (TPSA) is 144 Å². The van der Waals surface area contributed by atoms with E-state index in [9.17, 15) is 22.5 Å². The van der Waals surface area contributed by atoms with Crippen molar-refractivity contribution < 1.29 is 22.0 Å². The highest BCUT2D eigenvalue weighted by Crippen LogP contribution is 2.45. The first-order valence-corrected chi connectivity index (χ1v) is 17.2. The van der Waals surface area contributed by atoms with Crippen molar-refractivity contribution in [2.75, 3.05) is 11.4 Å². The summed E-state index contributed by atoms with van der Waals surface area (Å²) in [6.45, 7) is 15.6. The third-order valence-corrected chi connectivity index (χ3v) is 14.7. The second-order valence-electron chi connectivity index (χ2n) is 10.9. The number of amides is 1. The fourth-order valence-corrected chi connectivity index (χ4v) is 11.2. The molecule has 1 N–H and O–H groups in total. The number of carbonyl (C=O) groups is 1. The summed E-state index contributed by atoms with van der Waals surface area (Å²) in [5, 5.41) is 6.45. The summed E-state index contributed by atoms with van der Waals surface area (Å²) in [5.74, 6) is -1.20. The maximum Gasteiger partial charge on any atom is 0.274 e. The highest BCUT2D eigenvalue weighted by atomic mass is 32.2. The molecule has 0 radical (unpaired) electrons. The normalized spacial score (nSPS) is 12.2. The van der Waals surface area contributed by atoms with Crippen molar-refractivity contribution >= 4 is 41.1 Å². The van der Waals surface area contributed by atoms with E-state index >= 15 is 0 Å². The van der Waals surface area contributed by atoms with Crippen LogP contribution in [0.5, 0.6) is 5.75 Å². The number of carbonyl (C=O) groups excluding carboxylic acids is 1. The first kappa shape index (κ1) is 32.7. The lowest BCUT2D eigenvalue weighted by molar-refractivity contribution is 0.0944. The fourth-order valence-electron chi connectivity index (χ4n) is 5.31. The summed E-state index contributed by atoms with van der Waals surface area (Å²) in [6, 6.07) is 5.64. The molecule has 1 amide bonds. The molecule has 0 aliphatic heterocycles. The Morgan fingerprint density at radius 1 is 1.10 bits per heavy atom. The lowest BCUT2D eigenvalue weighted by atomic mass is 10.2. The molecule has 226 valence electrons. The lowest BCUT2D eigenvalue weighted by Gasteiger charge is -2.42. The van der Waals surface area contributed by atoms with E-state index in [4.69, 9.17) is 4.43 Å². The van der Waals surface area contributed by atoms with E-state index < -0.39 is 30.1 Å². The third-order valence-electron chi connectivity index (χ3n) is 7.37. The average Bonchev–Trinajstić information content (AvgIpc) is 2.94. The zero-order valence-electron chi connectivity index (χ0n) is 24.9. The Labute approximate surface area is 246 Å². The maximum atomic E-state index is 13.8. The van der Waals surface area contributed by atoms with Gasteiger partial charge in [0.1, 0.15) is 23.4 Å². The molecular formula is C28H37FN6O5SSi. The first-order chi connectivity index (χ1) is 19.7. The number of sulfonamides is 1. The highest BCUT2D eigenvalue weighted by Gasteiger charge is 2.48. The summed E-state index contributed by atoms with van der Waals surface area (Å²) in [4.78, 5) is 38.4. The minimum Gasteiger partial charge on any atom is -0.540 e. The fraction of sp³-hybridized carbons (Fsp3) is 0.429. The molecule has 3 rings (SSSR count). The van der Waals surface area contributed by atoms with E-state index in [0.29, 0.717) is 5.56 Å². The Balaban J connectivity index is 2.38. The number of nitroso groups, excluding NO2 is 1. The van der Waals surface area contributed by atoms with Crippen LogP contribution in [0.3, 0.4) is 0 Å². The molecule has 0 saturated carbocycles. The molecule has 0 spiro atoms. The quantitative estimate of drug-likeness (QED) is 0.187. The van der Waals surface area contributed by atoms with E-state index in [0.717, 1.165) is 9.71 Å². The molecule has 2 aromatic heterocycles. The van der Waals surface area contributed by atoms with Gasteiger partial charge in [0.05, 0.1) is 11.9 Å². The molecule has 0 saturated heterocycles. The van der Waals surface area contributed by atoms with Crippen LogP contribution < -0.4 is 14.0 Å². The van der Waals surface area contributed by atoms with Gasteiger partial charge in [0, 0.05) is 19.0 Å². The van der Waals surface area contributed by atoms with Gasteiger partial charge in [-0.05, 0) is 34.3 Å². The molecule has 0 fully saturated rings. The van der Waals surface area contributed by atoms with Crippen LogP contribution in [0, 0.1) is 10.7 Å². The van der Waals surface area contributed by atoms with Crippen LogP contribution in [0.4, 0.5) is 10.2 Å². The van der Waals surface area contributed by atoms with Crippen LogP contribution in [0.1, 0.15) is 63.3 Å². The van der Waals surface area contributed by atoms with Gasteiger partial charge in [-0.2, -0.15) is 4.91 Å². The molecule has 14 heteroatoms. The zero-order chi connectivity index (χ0) is 31.4. The molecule has 1 aromatic carbocycles. The number of rotatable bonds is 13. The van der Waals surface area contributed by atoms with E-state index in [1.165, 1.54) is 37.5 Å². The van der Waals surface area contributed by atoms with E-state index in [2.05, 4.69) is 73.6 Å². The van der Waals surface area contributed by atoms with Gasteiger partial charge in [-0.25, -0.2) is 27.8 Å². The van der Waals surface area contributed by atoms with Crippen molar-refractivity contribution in [1.82, 2.24) is 20.3 Å². The van der Waals surface area contributed by atoms with Crippen LogP contribution in [-0.4, -0.2) is 44.6 Å². The molecule has 0 unspecified atom stereocenters. The van der Waals surface area contributed by atoms with Crippen molar-refractivity contribution in [2.45, 2.75) is 71.3 Å². The molecule has 0 aliphatic rings. The number of hydrogen-bond acceptors (Lipinski definition) is 9. The Hall–Kier alpha value is -3.78. The molecular weight excluding hydrogens is 579 g/mol. The first-order valence-electron chi connectivity index (χ1n) is 13.5. The Morgan fingerprint density at radius 3 is 2.21 bits per heavy atom. The average molecular weight is 617 g/mol. The van der Waals surface area contributed by atoms with Gasteiger partial charge in [-0.1, -0.05) is 65.4 Å². The number of benzene rings is 1. The highest BCUT2D eigenvalue weighted by molar-refractivity contribution is 7.95. The number of fused-ring (bicyclic) bond motifs is 1. The second-order valence-corrected chi connectivity index (χ2v) is 18.2. The summed E-state index contributed by atoms with van der Waals surface area (Å²) in [5.41, 5.74) is 1.07. The predicted molar refractivity (Wildman–Crippen MR) is 164 cm³/mol. The second kappa shape index (κ2) is 13.0. The zero-order valence-corrected chi connectivity index (χ0v) is 26.7. The van der Waals surface area contributed by atoms with Gasteiger partial charge in [-0.3, -0.25) is 9.10 Å².